The zero-order valence-electron chi connectivity index (χ0n) is 20.7. The van der Waals surface area contributed by atoms with Gasteiger partial charge in [0.1, 0.15) is 16.8 Å². The van der Waals surface area contributed by atoms with Crippen LogP contribution in [-0.2, 0) is 9.59 Å². The summed E-state index contributed by atoms with van der Waals surface area (Å²) in [6, 6.07) is 28.9. The monoisotopic (exact) mass is 500 g/mol. The van der Waals surface area contributed by atoms with E-state index in [1.807, 2.05) is 41.3 Å². The summed E-state index contributed by atoms with van der Waals surface area (Å²) in [6.07, 6.45) is 0. The molecule has 3 aromatic rings. The number of benzene rings is 3. The molecule has 0 spiro atoms. The smallest absolute Gasteiger partial charge is 0.283 e. The molecule has 0 aromatic heterocycles. The third-order valence-corrected chi connectivity index (χ3v) is 7.56. The van der Waals surface area contributed by atoms with Crippen molar-refractivity contribution < 1.29 is 14.5 Å². The van der Waals surface area contributed by atoms with Crippen molar-refractivity contribution in [1.82, 2.24) is 4.90 Å². The van der Waals surface area contributed by atoms with Gasteiger partial charge in [-0.3, -0.25) is 9.59 Å². The molecule has 1 fully saturated rings. The van der Waals surface area contributed by atoms with Gasteiger partial charge in [-0.15, -0.1) is 0 Å². The van der Waals surface area contributed by atoms with Gasteiger partial charge in [0.05, 0.1) is 31.9 Å². The molecule has 1 N–H and O–H groups in total. The lowest BCUT2D eigenvalue weighted by atomic mass is 9.96. The molecule has 0 bridgehead atoms. The minimum atomic E-state index is -0.449. The van der Waals surface area contributed by atoms with E-state index in [0.29, 0.717) is 30.4 Å². The number of quaternary nitrogens is 1. The lowest BCUT2D eigenvalue weighted by Crippen LogP contribution is -3.15. The minimum absolute atomic E-state index is 0.0130. The SMILES string of the molecule is CC(C)c1ccc(N2C(=O)C(Cl)=C(N3CC[NH+](C(c4ccccc4)c4ccccc4)CC3)C2=O)cc1. The molecule has 6 heteroatoms. The molecule has 0 radical (unpaired) electrons. The van der Waals surface area contributed by atoms with Crippen LogP contribution in [0.25, 0.3) is 0 Å². The fraction of sp³-hybridized carbons (Fsp3) is 0.267. The van der Waals surface area contributed by atoms with Gasteiger partial charge in [-0.1, -0.05) is 98.2 Å². The van der Waals surface area contributed by atoms with Gasteiger partial charge in [0.15, 0.2) is 0 Å². The first-order valence-electron chi connectivity index (χ1n) is 12.5. The van der Waals surface area contributed by atoms with E-state index in [1.54, 1.807) is 0 Å². The van der Waals surface area contributed by atoms with Crippen molar-refractivity contribution in [3.05, 3.63) is 112 Å². The van der Waals surface area contributed by atoms with E-state index in [9.17, 15) is 9.59 Å². The molecule has 36 heavy (non-hydrogen) atoms. The number of carbonyl (C=O) groups is 2. The van der Waals surface area contributed by atoms with Gasteiger partial charge in [-0.25, -0.2) is 4.90 Å². The quantitative estimate of drug-likeness (QED) is 0.518. The summed E-state index contributed by atoms with van der Waals surface area (Å²) in [5.41, 5.74) is 4.58. The zero-order chi connectivity index (χ0) is 25.2. The van der Waals surface area contributed by atoms with Gasteiger partial charge in [0.25, 0.3) is 11.8 Å². The van der Waals surface area contributed by atoms with Crippen LogP contribution in [0.2, 0.25) is 0 Å². The number of nitrogens with one attached hydrogen (secondary N) is 1. The first-order chi connectivity index (χ1) is 17.5. The number of rotatable bonds is 6. The maximum atomic E-state index is 13.4. The van der Waals surface area contributed by atoms with E-state index < -0.39 is 5.91 Å². The number of amides is 2. The lowest BCUT2D eigenvalue weighted by molar-refractivity contribution is -0.929. The van der Waals surface area contributed by atoms with Crippen LogP contribution in [0, 0.1) is 0 Å². The highest BCUT2D eigenvalue weighted by Crippen LogP contribution is 2.32. The van der Waals surface area contributed by atoms with Gasteiger partial charge in [-0.05, 0) is 23.6 Å². The van der Waals surface area contributed by atoms with Gasteiger partial charge in [0, 0.05) is 11.1 Å². The highest BCUT2D eigenvalue weighted by molar-refractivity contribution is 6.52. The molecule has 2 amide bonds. The number of carbonyl (C=O) groups excluding carboxylic acids is 2. The topological polar surface area (TPSA) is 45.1 Å². The molecular weight excluding hydrogens is 470 g/mol. The molecule has 0 aliphatic carbocycles. The summed E-state index contributed by atoms with van der Waals surface area (Å²) < 4.78 is 0. The van der Waals surface area contributed by atoms with Crippen LogP contribution in [-0.4, -0.2) is 42.9 Å². The van der Waals surface area contributed by atoms with Crippen molar-refractivity contribution in [2.75, 3.05) is 31.1 Å². The Kier molecular flexibility index (Phi) is 6.95. The largest absolute Gasteiger partial charge is 0.354 e. The predicted molar refractivity (Wildman–Crippen MR) is 143 cm³/mol. The highest BCUT2D eigenvalue weighted by atomic mass is 35.5. The first kappa shape index (κ1) is 24.3. The van der Waals surface area contributed by atoms with Crippen LogP contribution >= 0.6 is 11.6 Å². The van der Waals surface area contributed by atoms with E-state index in [1.165, 1.54) is 20.9 Å². The second-order valence-corrected chi connectivity index (χ2v) is 10.1. The van der Waals surface area contributed by atoms with Gasteiger partial charge < -0.3 is 9.80 Å². The van der Waals surface area contributed by atoms with E-state index in [4.69, 9.17) is 11.6 Å². The fourth-order valence-corrected chi connectivity index (χ4v) is 5.55. The minimum Gasteiger partial charge on any atom is -0.354 e. The van der Waals surface area contributed by atoms with Crippen molar-refractivity contribution in [3.8, 4) is 0 Å². The van der Waals surface area contributed by atoms with Crippen molar-refractivity contribution in [2.45, 2.75) is 25.8 Å². The molecule has 2 heterocycles. The van der Waals surface area contributed by atoms with E-state index >= 15 is 0 Å². The maximum Gasteiger partial charge on any atom is 0.283 e. The van der Waals surface area contributed by atoms with Crippen molar-refractivity contribution in [1.29, 1.82) is 0 Å². The molecule has 5 rings (SSSR count). The maximum absolute atomic E-state index is 13.4. The second kappa shape index (κ2) is 10.3. The molecule has 0 atom stereocenters. The third kappa shape index (κ3) is 4.57. The number of anilines is 1. The lowest BCUT2D eigenvalue weighted by Gasteiger charge is -2.38. The Hall–Kier alpha value is -3.41. The second-order valence-electron chi connectivity index (χ2n) is 9.75. The summed E-state index contributed by atoms with van der Waals surface area (Å²) in [7, 11) is 0. The van der Waals surface area contributed by atoms with Crippen LogP contribution < -0.4 is 9.80 Å². The molecule has 1 saturated heterocycles. The summed E-state index contributed by atoms with van der Waals surface area (Å²) in [5.74, 6) is -0.417. The van der Waals surface area contributed by atoms with E-state index in [2.05, 4.69) is 62.4 Å². The Morgan fingerprint density at radius 1 is 0.722 bits per heavy atom. The molecule has 184 valence electrons. The van der Waals surface area contributed by atoms with Crippen molar-refractivity contribution >= 4 is 29.1 Å². The Morgan fingerprint density at radius 3 is 1.75 bits per heavy atom. The molecule has 5 nitrogen and oxygen atoms in total. The fourth-order valence-electron chi connectivity index (χ4n) is 5.27. The van der Waals surface area contributed by atoms with Crippen LogP contribution in [0.4, 0.5) is 5.69 Å². The Balaban J connectivity index is 1.34. The molecule has 2 aliphatic heterocycles. The molecule has 0 saturated carbocycles. The van der Waals surface area contributed by atoms with Gasteiger partial charge >= 0.3 is 0 Å². The van der Waals surface area contributed by atoms with Gasteiger partial charge in [0.2, 0.25) is 0 Å². The normalized spacial score (nSPS) is 17.1. The Labute approximate surface area is 217 Å². The van der Waals surface area contributed by atoms with Crippen LogP contribution in [0.3, 0.4) is 0 Å². The summed E-state index contributed by atoms with van der Waals surface area (Å²) in [5, 5.41) is 0.0130. The van der Waals surface area contributed by atoms with Crippen molar-refractivity contribution in [3.63, 3.8) is 0 Å². The number of hydrogen-bond donors (Lipinski definition) is 1. The Bertz CT molecular complexity index is 1230. The molecule has 2 aliphatic rings. The van der Waals surface area contributed by atoms with Crippen molar-refractivity contribution in [2.24, 2.45) is 0 Å². The average Bonchev–Trinajstić information content (AvgIpc) is 3.13. The molecule has 3 aromatic carbocycles. The van der Waals surface area contributed by atoms with Crippen LogP contribution in [0.15, 0.2) is 95.7 Å². The van der Waals surface area contributed by atoms with E-state index in [0.717, 1.165) is 18.7 Å². The number of nitrogens with zero attached hydrogens (tertiary/aromatic N) is 2. The van der Waals surface area contributed by atoms with Gasteiger partial charge in [-0.2, -0.15) is 0 Å². The summed E-state index contributed by atoms with van der Waals surface area (Å²) in [6.45, 7) is 7.17. The van der Waals surface area contributed by atoms with Crippen LogP contribution in [0.1, 0.15) is 42.5 Å². The molecule has 0 unspecified atom stereocenters. The number of halogens is 1. The average molecular weight is 501 g/mol. The number of imide groups is 1. The van der Waals surface area contributed by atoms with E-state index in [-0.39, 0.29) is 17.0 Å². The predicted octanol–water partition coefficient (Wildman–Crippen LogP) is 4.12. The standard InChI is InChI=1S/C30H30ClN3O2/c1-21(2)22-13-15-25(16-14-22)34-29(35)26(31)28(30(34)36)33-19-17-32(18-20-33)27(23-9-5-3-6-10-23)24-11-7-4-8-12-24/h3-16,21,27H,17-20H2,1-2H3/p+1. The Morgan fingerprint density at radius 2 is 1.25 bits per heavy atom. The number of hydrogen-bond acceptors (Lipinski definition) is 3. The van der Waals surface area contributed by atoms with Crippen LogP contribution in [0.5, 0.6) is 0 Å². The zero-order valence-corrected chi connectivity index (χ0v) is 21.4. The number of piperazine rings is 1. The molecular formula is C30H31ClN3O2+. The first-order valence-corrected chi connectivity index (χ1v) is 12.9. The highest BCUT2D eigenvalue weighted by Gasteiger charge is 2.43. The summed E-state index contributed by atoms with van der Waals surface area (Å²) >= 11 is 6.49. The third-order valence-electron chi connectivity index (χ3n) is 7.22. The summed E-state index contributed by atoms with van der Waals surface area (Å²) in [4.78, 5) is 31.1.